The predicted octanol–water partition coefficient (Wildman–Crippen LogP) is 2.49. The highest BCUT2D eigenvalue weighted by molar-refractivity contribution is 7.09. The maximum absolute atomic E-state index is 10.8. The van der Waals surface area contributed by atoms with Gasteiger partial charge in [-0.3, -0.25) is 4.79 Å². The first-order valence-corrected chi connectivity index (χ1v) is 5.64. The molecule has 1 rings (SSSR count). The maximum Gasteiger partial charge on any atom is 0.306 e. The van der Waals surface area contributed by atoms with E-state index in [4.69, 9.17) is 5.11 Å². The van der Waals surface area contributed by atoms with E-state index in [1.165, 1.54) is 4.88 Å². The van der Waals surface area contributed by atoms with Crippen LogP contribution in [0.1, 0.15) is 30.3 Å². The fourth-order valence-corrected chi connectivity index (χ4v) is 2.17. The summed E-state index contributed by atoms with van der Waals surface area (Å²) in [5.41, 5.74) is 2.85. The third kappa shape index (κ3) is 2.80. The van der Waals surface area contributed by atoms with Gasteiger partial charge in [-0.1, -0.05) is 6.92 Å². The zero-order valence-corrected chi connectivity index (χ0v) is 9.30. The molecule has 14 heavy (non-hydrogen) atoms. The normalized spacial score (nSPS) is 12.7. The molecule has 0 amide bonds. The molecule has 1 aromatic heterocycles. The lowest BCUT2D eigenvalue weighted by Crippen LogP contribution is -2.13. The van der Waals surface area contributed by atoms with Crippen molar-refractivity contribution in [1.82, 2.24) is 4.98 Å². The highest BCUT2D eigenvalue weighted by Gasteiger charge is 2.15. The molecule has 0 radical (unpaired) electrons. The lowest BCUT2D eigenvalue weighted by Gasteiger charge is -2.07. The van der Waals surface area contributed by atoms with Crippen molar-refractivity contribution in [3.8, 4) is 0 Å². The Morgan fingerprint density at radius 1 is 1.71 bits per heavy atom. The Morgan fingerprint density at radius 3 is 2.86 bits per heavy atom. The first kappa shape index (κ1) is 11.2. The molecule has 0 spiro atoms. The van der Waals surface area contributed by atoms with Crippen LogP contribution in [0.15, 0.2) is 5.51 Å². The Balaban J connectivity index is 2.47. The first-order chi connectivity index (χ1) is 6.65. The van der Waals surface area contributed by atoms with Gasteiger partial charge in [0.25, 0.3) is 0 Å². The fraction of sp³-hybridized carbons (Fsp3) is 0.600. The molecule has 1 atom stereocenters. The number of carboxylic acids is 1. The molecule has 0 bridgehead atoms. The van der Waals surface area contributed by atoms with Crippen LogP contribution in [-0.2, 0) is 11.2 Å². The number of hydrogen-bond acceptors (Lipinski definition) is 3. The molecule has 0 aliphatic carbocycles. The maximum atomic E-state index is 10.8. The second kappa shape index (κ2) is 5.10. The van der Waals surface area contributed by atoms with E-state index in [9.17, 15) is 4.79 Å². The van der Waals surface area contributed by atoms with Gasteiger partial charge in [-0.2, -0.15) is 0 Å². The second-order valence-corrected chi connectivity index (χ2v) is 4.28. The minimum Gasteiger partial charge on any atom is -0.481 e. The van der Waals surface area contributed by atoms with Gasteiger partial charge >= 0.3 is 5.97 Å². The first-order valence-electron chi connectivity index (χ1n) is 4.77. The van der Waals surface area contributed by atoms with Crippen molar-refractivity contribution >= 4 is 17.3 Å². The molecule has 0 saturated heterocycles. The van der Waals surface area contributed by atoms with E-state index in [1.54, 1.807) is 11.3 Å². The van der Waals surface area contributed by atoms with Crippen LogP contribution < -0.4 is 0 Å². The van der Waals surface area contributed by atoms with Crippen LogP contribution in [0, 0.1) is 12.8 Å². The number of aromatic nitrogens is 1. The fourth-order valence-electron chi connectivity index (χ4n) is 1.37. The lowest BCUT2D eigenvalue weighted by atomic mass is 10.00. The molecule has 1 heterocycles. The Kier molecular flexibility index (Phi) is 4.07. The van der Waals surface area contributed by atoms with Crippen LogP contribution in [0.2, 0.25) is 0 Å². The molecule has 1 unspecified atom stereocenters. The van der Waals surface area contributed by atoms with Crippen molar-refractivity contribution in [3.63, 3.8) is 0 Å². The van der Waals surface area contributed by atoms with Crippen LogP contribution in [0.4, 0.5) is 0 Å². The van der Waals surface area contributed by atoms with Crippen LogP contribution in [-0.4, -0.2) is 16.1 Å². The van der Waals surface area contributed by atoms with Crippen LogP contribution in [0.25, 0.3) is 0 Å². The van der Waals surface area contributed by atoms with Crippen molar-refractivity contribution in [2.45, 2.75) is 33.1 Å². The van der Waals surface area contributed by atoms with Gasteiger partial charge in [-0.05, 0) is 26.2 Å². The number of carbonyl (C=O) groups is 1. The second-order valence-electron chi connectivity index (χ2n) is 3.34. The minimum atomic E-state index is -0.685. The third-order valence-electron chi connectivity index (χ3n) is 2.41. The summed E-state index contributed by atoms with van der Waals surface area (Å²) in [6.45, 7) is 3.88. The van der Waals surface area contributed by atoms with Crippen LogP contribution >= 0.6 is 11.3 Å². The summed E-state index contributed by atoms with van der Waals surface area (Å²) in [7, 11) is 0. The highest BCUT2D eigenvalue weighted by Crippen LogP contribution is 2.18. The van der Waals surface area contributed by atoms with Crippen molar-refractivity contribution in [2.75, 3.05) is 0 Å². The molecule has 0 aromatic carbocycles. The van der Waals surface area contributed by atoms with E-state index in [1.807, 2.05) is 19.4 Å². The summed E-state index contributed by atoms with van der Waals surface area (Å²) in [5, 5.41) is 8.86. The van der Waals surface area contributed by atoms with Gasteiger partial charge in [-0.15, -0.1) is 11.3 Å². The zero-order chi connectivity index (χ0) is 10.6. The van der Waals surface area contributed by atoms with E-state index in [2.05, 4.69) is 4.98 Å². The van der Waals surface area contributed by atoms with E-state index >= 15 is 0 Å². The van der Waals surface area contributed by atoms with Crippen molar-refractivity contribution in [3.05, 3.63) is 16.1 Å². The standard InChI is InChI=1S/C10H15NO2S/c1-3-8(10(12)13)4-5-9-7(2)11-6-14-9/h6,8H,3-5H2,1-2H3,(H,12,13). The van der Waals surface area contributed by atoms with Crippen LogP contribution in [0.5, 0.6) is 0 Å². The van der Waals surface area contributed by atoms with E-state index in [0.29, 0.717) is 6.42 Å². The third-order valence-corrected chi connectivity index (χ3v) is 3.40. The molecule has 1 aromatic rings. The number of aliphatic carboxylic acids is 1. The largest absolute Gasteiger partial charge is 0.481 e. The molecular weight excluding hydrogens is 198 g/mol. The summed E-state index contributed by atoms with van der Waals surface area (Å²) < 4.78 is 0. The van der Waals surface area contributed by atoms with Crippen molar-refractivity contribution in [1.29, 1.82) is 0 Å². The number of rotatable bonds is 5. The Labute approximate surface area is 87.8 Å². The smallest absolute Gasteiger partial charge is 0.306 e. The molecule has 4 heteroatoms. The highest BCUT2D eigenvalue weighted by atomic mass is 32.1. The zero-order valence-electron chi connectivity index (χ0n) is 8.49. The molecule has 3 nitrogen and oxygen atoms in total. The predicted molar refractivity (Wildman–Crippen MR) is 56.6 cm³/mol. The SMILES string of the molecule is CCC(CCc1scnc1C)C(=O)O. The Hall–Kier alpha value is -0.900. The van der Waals surface area contributed by atoms with Gasteiger partial charge in [0, 0.05) is 4.88 Å². The molecular formula is C10H15NO2S. The summed E-state index contributed by atoms with van der Waals surface area (Å²) in [6, 6.07) is 0. The minimum absolute atomic E-state index is 0.212. The summed E-state index contributed by atoms with van der Waals surface area (Å²) >= 11 is 1.61. The van der Waals surface area contributed by atoms with Gasteiger partial charge in [0.05, 0.1) is 17.1 Å². The summed E-state index contributed by atoms with van der Waals surface area (Å²) in [4.78, 5) is 16.1. The van der Waals surface area contributed by atoms with Crippen molar-refractivity contribution < 1.29 is 9.90 Å². The van der Waals surface area contributed by atoms with E-state index in [0.717, 1.165) is 18.5 Å². The molecule has 0 aliphatic rings. The van der Waals surface area contributed by atoms with Gasteiger partial charge in [0.2, 0.25) is 0 Å². The van der Waals surface area contributed by atoms with Crippen LogP contribution in [0.3, 0.4) is 0 Å². The lowest BCUT2D eigenvalue weighted by molar-refractivity contribution is -0.142. The van der Waals surface area contributed by atoms with Gasteiger partial charge in [0.1, 0.15) is 0 Å². The Morgan fingerprint density at radius 2 is 2.43 bits per heavy atom. The molecule has 0 saturated carbocycles. The quantitative estimate of drug-likeness (QED) is 0.817. The summed E-state index contributed by atoms with van der Waals surface area (Å²) in [6.07, 6.45) is 2.25. The van der Waals surface area contributed by atoms with E-state index in [-0.39, 0.29) is 5.92 Å². The van der Waals surface area contributed by atoms with Crippen molar-refractivity contribution in [2.24, 2.45) is 5.92 Å². The molecule has 0 aliphatic heterocycles. The topological polar surface area (TPSA) is 50.2 Å². The monoisotopic (exact) mass is 213 g/mol. The number of nitrogens with zero attached hydrogens (tertiary/aromatic N) is 1. The van der Waals surface area contributed by atoms with Gasteiger partial charge in [-0.25, -0.2) is 4.98 Å². The molecule has 1 N–H and O–H groups in total. The Bertz CT molecular complexity index is 309. The number of aryl methyl sites for hydroxylation is 2. The van der Waals surface area contributed by atoms with E-state index < -0.39 is 5.97 Å². The van der Waals surface area contributed by atoms with Gasteiger partial charge in [0.15, 0.2) is 0 Å². The average molecular weight is 213 g/mol. The number of carboxylic acid groups (broad SMARTS) is 1. The van der Waals surface area contributed by atoms with Gasteiger partial charge < -0.3 is 5.11 Å². The number of thiazole rings is 1. The molecule has 78 valence electrons. The molecule has 0 fully saturated rings. The average Bonchev–Trinajstić information content (AvgIpc) is 2.52. The number of hydrogen-bond donors (Lipinski definition) is 1. The summed E-state index contributed by atoms with van der Waals surface area (Å²) in [5.74, 6) is -0.897.